The number of aromatic amines is 1. The maximum atomic E-state index is 11.7. The van der Waals surface area contributed by atoms with Gasteiger partial charge in [-0.05, 0) is 17.2 Å². The molecule has 0 aliphatic carbocycles. The van der Waals surface area contributed by atoms with Crippen LogP contribution in [0.2, 0.25) is 5.02 Å². The maximum absolute atomic E-state index is 11.7. The Labute approximate surface area is 232 Å². The number of amides is 1. The summed E-state index contributed by atoms with van der Waals surface area (Å²) in [6, 6.07) is 23.6. The van der Waals surface area contributed by atoms with Gasteiger partial charge >= 0.3 is 0 Å². The normalized spacial score (nSPS) is 13.7. The highest BCUT2D eigenvalue weighted by Gasteiger charge is 2.25. The zero-order valence-corrected chi connectivity index (χ0v) is 22.2. The molecule has 0 atom stereocenters. The highest BCUT2D eigenvalue weighted by atomic mass is 35.5. The standard InChI is InChI=1S/C29H31ClN6O3/c30-24-15-23(29-25(17-32-34-29)36-13-11-35(12-14-36)18-28(37)33-31)26(38-19-21-7-3-1-4-8-21)16-27(24)39-20-22-9-5-2-6-10-22/h1-10,15-17H,11-14,18-20,31H2,(H,32,34)(H,33,37). The number of piperazine rings is 1. The molecule has 0 spiro atoms. The molecule has 1 saturated heterocycles. The molecule has 202 valence electrons. The molecule has 1 amide bonds. The second-order valence-electron chi connectivity index (χ2n) is 9.28. The highest BCUT2D eigenvalue weighted by molar-refractivity contribution is 6.32. The van der Waals surface area contributed by atoms with E-state index in [1.165, 1.54) is 0 Å². The minimum atomic E-state index is -0.197. The van der Waals surface area contributed by atoms with Gasteiger partial charge in [0, 0.05) is 44.0 Å². The van der Waals surface area contributed by atoms with Gasteiger partial charge in [0.1, 0.15) is 30.4 Å². The first-order chi connectivity index (χ1) is 19.1. The van der Waals surface area contributed by atoms with E-state index in [-0.39, 0.29) is 12.5 Å². The molecular formula is C29H31ClN6O3. The van der Waals surface area contributed by atoms with Gasteiger partial charge in [-0.25, -0.2) is 5.84 Å². The second kappa shape index (κ2) is 12.7. The Morgan fingerprint density at radius 2 is 1.54 bits per heavy atom. The fourth-order valence-electron chi connectivity index (χ4n) is 4.54. The number of hydrazine groups is 1. The van der Waals surface area contributed by atoms with E-state index in [0.717, 1.165) is 54.3 Å². The number of H-pyrrole nitrogens is 1. The number of nitrogens with two attached hydrogens (primary N) is 1. The van der Waals surface area contributed by atoms with E-state index in [2.05, 4.69) is 25.4 Å². The molecule has 3 aromatic carbocycles. The lowest BCUT2D eigenvalue weighted by atomic mass is 10.1. The predicted molar refractivity (Wildman–Crippen MR) is 152 cm³/mol. The third-order valence-electron chi connectivity index (χ3n) is 6.62. The summed E-state index contributed by atoms with van der Waals surface area (Å²) in [5, 5.41) is 8.07. The summed E-state index contributed by atoms with van der Waals surface area (Å²) < 4.78 is 12.4. The van der Waals surface area contributed by atoms with Crippen molar-refractivity contribution in [2.75, 3.05) is 37.6 Å². The molecule has 5 rings (SSSR count). The van der Waals surface area contributed by atoms with Crippen LogP contribution in [0, 0.1) is 0 Å². The van der Waals surface area contributed by atoms with Crippen molar-refractivity contribution >= 4 is 23.2 Å². The number of nitrogens with zero attached hydrogens (tertiary/aromatic N) is 3. The van der Waals surface area contributed by atoms with Gasteiger partial charge in [-0.2, -0.15) is 5.10 Å². The van der Waals surface area contributed by atoms with Crippen molar-refractivity contribution in [1.29, 1.82) is 0 Å². The van der Waals surface area contributed by atoms with Crippen LogP contribution in [0.4, 0.5) is 5.69 Å². The van der Waals surface area contributed by atoms with Crippen LogP contribution in [0.1, 0.15) is 11.1 Å². The van der Waals surface area contributed by atoms with E-state index in [1.807, 2.05) is 79.0 Å². The van der Waals surface area contributed by atoms with Crippen LogP contribution in [0.15, 0.2) is 79.0 Å². The van der Waals surface area contributed by atoms with Crippen molar-refractivity contribution in [1.82, 2.24) is 20.5 Å². The number of hydrogen-bond donors (Lipinski definition) is 3. The molecule has 0 saturated carbocycles. The molecule has 4 aromatic rings. The molecular weight excluding hydrogens is 516 g/mol. The van der Waals surface area contributed by atoms with Gasteiger partial charge < -0.3 is 14.4 Å². The summed E-state index contributed by atoms with van der Waals surface area (Å²) >= 11 is 6.73. The van der Waals surface area contributed by atoms with Crippen molar-refractivity contribution in [3.05, 3.63) is 95.1 Å². The fourth-order valence-corrected chi connectivity index (χ4v) is 4.76. The molecule has 4 N–H and O–H groups in total. The SMILES string of the molecule is NNC(=O)CN1CCN(c2c[nH]nc2-c2cc(Cl)c(OCc3ccccc3)cc2OCc2ccccc2)CC1. The summed E-state index contributed by atoms with van der Waals surface area (Å²) in [6.45, 7) is 3.96. The number of carbonyl (C=O) groups excluding carboxylic acids is 1. The topological polar surface area (TPSA) is 109 Å². The van der Waals surface area contributed by atoms with Crippen LogP contribution < -0.4 is 25.6 Å². The summed E-state index contributed by atoms with van der Waals surface area (Å²) in [6.07, 6.45) is 1.88. The first-order valence-electron chi connectivity index (χ1n) is 12.8. The van der Waals surface area contributed by atoms with E-state index >= 15 is 0 Å². The van der Waals surface area contributed by atoms with Gasteiger partial charge in [-0.1, -0.05) is 72.3 Å². The summed E-state index contributed by atoms with van der Waals surface area (Å²) in [5.41, 5.74) is 6.73. The third kappa shape index (κ3) is 6.69. The number of aromatic nitrogens is 2. The second-order valence-corrected chi connectivity index (χ2v) is 9.68. The molecule has 1 aliphatic rings. The van der Waals surface area contributed by atoms with Crippen molar-refractivity contribution in [3.8, 4) is 22.8 Å². The third-order valence-corrected chi connectivity index (χ3v) is 6.92. The number of hydrogen-bond acceptors (Lipinski definition) is 7. The summed E-state index contributed by atoms with van der Waals surface area (Å²) in [4.78, 5) is 16.0. The average molecular weight is 547 g/mol. The van der Waals surface area contributed by atoms with E-state index in [1.54, 1.807) is 0 Å². The van der Waals surface area contributed by atoms with Crippen molar-refractivity contribution in [2.45, 2.75) is 13.2 Å². The minimum absolute atomic E-state index is 0.197. The molecule has 1 aliphatic heterocycles. The first-order valence-corrected chi connectivity index (χ1v) is 13.2. The van der Waals surface area contributed by atoms with E-state index < -0.39 is 0 Å². The van der Waals surface area contributed by atoms with Crippen LogP contribution in [-0.4, -0.2) is 53.7 Å². The summed E-state index contributed by atoms with van der Waals surface area (Å²) in [5.74, 6) is 6.21. The number of halogens is 1. The zero-order valence-electron chi connectivity index (χ0n) is 21.5. The number of nitrogens with one attached hydrogen (secondary N) is 2. The monoisotopic (exact) mass is 546 g/mol. The van der Waals surface area contributed by atoms with Crippen LogP contribution in [0.5, 0.6) is 11.5 Å². The lowest BCUT2D eigenvalue weighted by Gasteiger charge is -2.35. The van der Waals surface area contributed by atoms with E-state index in [4.69, 9.17) is 26.9 Å². The molecule has 0 bridgehead atoms. The Hall–Kier alpha value is -4.05. The lowest BCUT2D eigenvalue weighted by molar-refractivity contribution is -0.122. The Kier molecular flexibility index (Phi) is 8.62. The van der Waals surface area contributed by atoms with Gasteiger partial charge in [0.15, 0.2) is 0 Å². The number of carbonyl (C=O) groups is 1. The van der Waals surface area contributed by atoms with Crippen molar-refractivity contribution in [3.63, 3.8) is 0 Å². The van der Waals surface area contributed by atoms with Crippen LogP contribution in [-0.2, 0) is 18.0 Å². The fraction of sp³-hybridized carbons (Fsp3) is 0.241. The van der Waals surface area contributed by atoms with Gasteiger partial charge in [0.05, 0.1) is 17.3 Å². The lowest BCUT2D eigenvalue weighted by Crippen LogP contribution is -2.50. The molecule has 1 fully saturated rings. The summed E-state index contributed by atoms with van der Waals surface area (Å²) in [7, 11) is 0. The largest absolute Gasteiger partial charge is 0.488 e. The van der Waals surface area contributed by atoms with E-state index in [0.29, 0.717) is 29.7 Å². The smallest absolute Gasteiger partial charge is 0.248 e. The molecule has 1 aromatic heterocycles. The van der Waals surface area contributed by atoms with E-state index in [9.17, 15) is 4.79 Å². The van der Waals surface area contributed by atoms with Gasteiger partial charge in [0.2, 0.25) is 5.91 Å². The Bertz CT molecular complexity index is 1370. The van der Waals surface area contributed by atoms with Crippen LogP contribution in [0.3, 0.4) is 0 Å². The quantitative estimate of drug-likeness (QED) is 0.157. The average Bonchev–Trinajstić information content (AvgIpc) is 3.47. The van der Waals surface area contributed by atoms with Gasteiger partial charge in [-0.3, -0.25) is 20.2 Å². The molecule has 0 unspecified atom stereocenters. The van der Waals surface area contributed by atoms with Crippen molar-refractivity contribution in [2.24, 2.45) is 5.84 Å². The predicted octanol–water partition coefficient (Wildman–Crippen LogP) is 4.00. The minimum Gasteiger partial charge on any atom is -0.488 e. The van der Waals surface area contributed by atoms with Crippen molar-refractivity contribution < 1.29 is 14.3 Å². The van der Waals surface area contributed by atoms with Crippen LogP contribution in [0.25, 0.3) is 11.3 Å². The molecule has 39 heavy (non-hydrogen) atoms. The van der Waals surface area contributed by atoms with Crippen LogP contribution >= 0.6 is 11.6 Å². The molecule has 2 heterocycles. The Morgan fingerprint density at radius 3 is 2.15 bits per heavy atom. The number of anilines is 1. The zero-order chi connectivity index (χ0) is 27.0. The highest BCUT2D eigenvalue weighted by Crippen LogP contribution is 2.42. The first kappa shape index (κ1) is 26.6. The molecule has 10 heteroatoms. The van der Waals surface area contributed by atoms with Gasteiger partial charge in [-0.15, -0.1) is 0 Å². The number of ether oxygens (including phenoxy) is 2. The Balaban J connectivity index is 1.40. The number of rotatable bonds is 10. The maximum Gasteiger partial charge on any atom is 0.248 e. The number of benzene rings is 3. The van der Waals surface area contributed by atoms with Gasteiger partial charge in [0.25, 0.3) is 0 Å². The molecule has 9 nitrogen and oxygen atoms in total. The molecule has 0 radical (unpaired) electrons. The Morgan fingerprint density at radius 1 is 0.923 bits per heavy atom.